The summed E-state index contributed by atoms with van der Waals surface area (Å²) in [6, 6.07) is 3.84. The van der Waals surface area contributed by atoms with Gasteiger partial charge in [0.2, 0.25) is 0 Å². The highest BCUT2D eigenvalue weighted by molar-refractivity contribution is 5.81. The minimum Gasteiger partial charge on any atom is -0.468 e. The van der Waals surface area contributed by atoms with Gasteiger partial charge in [0.1, 0.15) is 5.41 Å². The summed E-state index contributed by atoms with van der Waals surface area (Å²) in [5.41, 5.74) is 0.956. The van der Waals surface area contributed by atoms with Crippen molar-refractivity contribution in [3.8, 4) is 0 Å². The molecule has 0 aromatic carbocycles. The van der Waals surface area contributed by atoms with Crippen LogP contribution in [0.4, 0.5) is 0 Å². The van der Waals surface area contributed by atoms with E-state index in [2.05, 4.69) is 10.2 Å². The van der Waals surface area contributed by atoms with Crippen LogP contribution in [0.15, 0.2) is 12.1 Å². The minimum absolute atomic E-state index is 0.291. The van der Waals surface area contributed by atoms with E-state index in [-0.39, 0.29) is 5.97 Å². The molecular weight excluding hydrogens is 204 g/mol. The quantitative estimate of drug-likeness (QED) is 0.729. The van der Waals surface area contributed by atoms with E-state index in [1.807, 2.05) is 12.1 Å². The second-order valence-electron chi connectivity index (χ2n) is 4.73. The van der Waals surface area contributed by atoms with Crippen LogP contribution in [0.2, 0.25) is 0 Å². The number of rotatable bonds is 3. The molecule has 1 aliphatic carbocycles. The van der Waals surface area contributed by atoms with Gasteiger partial charge in [-0.25, -0.2) is 0 Å². The lowest BCUT2D eigenvalue weighted by Crippen LogP contribution is -2.31. The average Bonchev–Trinajstić information content (AvgIpc) is 3.12. The zero-order valence-corrected chi connectivity index (χ0v) is 9.86. The van der Waals surface area contributed by atoms with Crippen molar-refractivity contribution in [3.05, 3.63) is 23.5 Å². The third kappa shape index (κ3) is 1.92. The van der Waals surface area contributed by atoms with E-state index >= 15 is 0 Å². The second-order valence-corrected chi connectivity index (χ2v) is 4.73. The molecule has 1 saturated carbocycles. The first-order valence-corrected chi connectivity index (χ1v) is 5.48. The Bertz CT molecular complexity index is 394. The van der Waals surface area contributed by atoms with Crippen LogP contribution in [0.5, 0.6) is 0 Å². The molecule has 16 heavy (non-hydrogen) atoms. The number of hydrogen-bond acceptors (Lipinski definition) is 4. The van der Waals surface area contributed by atoms with Crippen molar-refractivity contribution in [1.82, 2.24) is 10.2 Å². The van der Waals surface area contributed by atoms with E-state index in [0.29, 0.717) is 11.6 Å². The highest BCUT2D eigenvalue weighted by Crippen LogP contribution is 2.38. The lowest BCUT2D eigenvalue weighted by Gasteiger charge is -2.20. The number of nitrogens with zero attached hydrogens (tertiary/aromatic N) is 2. The van der Waals surface area contributed by atoms with Crippen molar-refractivity contribution in [2.24, 2.45) is 0 Å². The van der Waals surface area contributed by atoms with Crippen molar-refractivity contribution in [2.45, 2.75) is 38.0 Å². The highest BCUT2D eigenvalue weighted by atomic mass is 16.5. The molecule has 0 aliphatic heterocycles. The Balaban J connectivity index is 2.22. The predicted molar refractivity (Wildman–Crippen MR) is 59.0 cm³/mol. The number of carbonyl (C=O) groups excluding carboxylic acids is 1. The number of aromatic nitrogens is 2. The lowest BCUT2D eigenvalue weighted by atomic mass is 9.89. The fourth-order valence-electron chi connectivity index (χ4n) is 1.63. The first-order valence-electron chi connectivity index (χ1n) is 5.48. The van der Waals surface area contributed by atoms with Gasteiger partial charge in [-0.1, -0.05) is 0 Å². The molecule has 4 heteroatoms. The molecule has 1 heterocycles. The Kier molecular flexibility index (Phi) is 2.66. The van der Waals surface area contributed by atoms with Gasteiger partial charge in [-0.15, -0.1) is 0 Å². The maximum atomic E-state index is 11.6. The Morgan fingerprint density at radius 1 is 1.38 bits per heavy atom. The largest absolute Gasteiger partial charge is 0.468 e. The molecule has 1 fully saturated rings. The van der Waals surface area contributed by atoms with Crippen LogP contribution in [-0.2, 0) is 14.9 Å². The second kappa shape index (κ2) is 3.85. The summed E-state index contributed by atoms with van der Waals surface area (Å²) in [6.45, 7) is 3.58. The van der Waals surface area contributed by atoms with Gasteiger partial charge >= 0.3 is 5.97 Å². The van der Waals surface area contributed by atoms with Gasteiger partial charge in [0.25, 0.3) is 0 Å². The third-order valence-corrected chi connectivity index (χ3v) is 3.02. The molecule has 0 amide bonds. The zero-order valence-electron chi connectivity index (χ0n) is 9.86. The van der Waals surface area contributed by atoms with Crippen LogP contribution in [0.3, 0.4) is 0 Å². The molecule has 0 bridgehead atoms. The number of carbonyl (C=O) groups is 1. The Labute approximate surface area is 95.0 Å². The smallest absolute Gasteiger partial charge is 0.317 e. The normalized spacial score (nSPS) is 15.9. The van der Waals surface area contributed by atoms with Gasteiger partial charge in [0, 0.05) is 5.92 Å². The lowest BCUT2D eigenvalue weighted by molar-refractivity contribution is -0.146. The third-order valence-electron chi connectivity index (χ3n) is 3.02. The van der Waals surface area contributed by atoms with Crippen LogP contribution in [0.1, 0.15) is 44.0 Å². The van der Waals surface area contributed by atoms with Crippen molar-refractivity contribution in [1.29, 1.82) is 0 Å². The number of methoxy groups -OCH3 is 1. The molecule has 0 atom stereocenters. The summed E-state index contributed by atoms with van der Waals surface area (Å²) >= 11 is 0. The number of esters is 1. The molecule has 4 nitrogen and oxygen atoms in total. The van der Waals surface area contributed by atoms with Crippen molar-refractivity contribution >= 4 is 5.97 Å². The average molecular weight is 220 g/mol. The monoisotopic (exact) mass is 220 g/mol. The predicted octanol–water partition coefficient (Wildman–Crippen LogP) is 1.80. The van der Waals surface area contributed by atoms with Crippen LogP contribution in [0.25, 0.3) is 0 Å². The molecule has 86 valence electrons. The number of ether oxygens (including phenoxy) is 1. The van der Waals surface area contributed by atoms with E-state index in [1.165, 1.54) is 20.0 Å². The maximum absolute atomic E-state index is 11.6. The number of hydrogen-bond donors (Lipinski definition) is 0. The van der Waals surface area contributed by atoms with E-state index < -0.39 is 5.41 Å². The Hall–Kier alpha value is -1.45. The standard InChI is InChI=1S/C12H16N2O2/c1-12(2,11(15)16-3)10-7-6-9(13-14-10)8-4-5-8/h6-8H,4-5H2,1-3H3. The molecule has 0 spiro atoms. The van der Waals surface area contributed by atoms with Gasteiger partial charge < -0.3 is 4.74 Å². The van der Waals surface area contributed by atoms with Gasteiger partial charge in [-0.2, -0.15) is 10.2 Å². The molecule has 1 aliphatic rings. The fourth-order valence-corrected chi connectivity index (χ4v) is 1.63. The SMILES string of the molecule is COC(=O)C(C)(C)c1ccc(C2CC2)nn1. The summed E-state index contributed by atoms with van der Waals surface area (Å²) in [4.78, 5) is 11.6. The van der Waals surface area contributed by atoms with Gasteiger partial charge in [-0.05, 0) is 38.8 Å². The molecule has 0 unspecified atom stereocenters. The highest BCUT2D eigenvalue weighted by Gasteiger charge is 2.33. The summed E-state index contributed by atoms with van der Waals surface area (Å²) < 4.78 is 4.75. The van der Waals surface area contributed by atoms with Crippen molar-refractivity contribution in [3.63, 3.8) is 0 Å². The van der Waals surface area contributed by atoms with Gasteiger partial charge in [0.05, 0.1) is 18.5 Å². The van der Waals surface area contributed by atoms with Crippen LogP contribution in [-0.4, -0.2) is 23.3 Å². The first kappa shape index (κ1) is 11.0. The Morgan fingerprint density at radius 2 is 2.06 bits per heavy atom. The summed E-state index contributed by atoms with van der Waals surface area (Å²) in [5, 5.41) is 8.30. The fraction of sp³-hybridized carbons (Fsp3) is 0.583. The molecule has 0 N–H and O–H groups in total. The molecule has 1 aromatic heterocycles. The summed E-state index contributed by atoms with van der Waals surface area (Å²) in [6.07, 6.45) is 2.41. The maximum Gasteiger partial charge on any atom is 0.317 e. The van der Waals surface area contributed by atoms with Gasteiger partial charge in [0.15, 0.2) is 0 Å². The topological polar surface area (TPSA) is 52.1 Å². The van der Waals surface area contributed by atoms with E-state index in [0.717, 1.165) is 5.69 Å². The summed E-state index contributed by atoms with van der Waals surface area (Å²) in [5.74, 6) is 0.295. The zero-order chi connectivity index (χ0) is 11.8. The van der Waals surface area contributed by atoms with Crippen LogP contribution in [0, 0.1) is 0 Å². The molecule has 1 aromatic rings. The van der Waals surface area contributed by atoms with E-state index in [1.54, 1.807) is 13.8 Å². The van der Waals surface area contributed by atoms with Crippen molar-refractivity contribution < 1.29 is 9.53 Å². The summed E-state index contributed by atoms with van der Waals surface area (Å²) in [7, 11) is 1.38. The van der Waals surface area contributed by atoms with Crippen molar-refractivity contribution in [2.75, 3.05) is 7.11 Å². The van der Waals surface area contributed by atoms with Crippen LogP contribution < -0.4 is 0 Å². The van der Waals surface area contributed by atoms with Gasteiger partial charge in [-0.3, -0.25) is 4.79 Å². The first-order chi connectivity index (χ1) is 7.55. The van der Waals surface area contributed by atoms with E-state index in [9.17, 15) is 4.79 Å². The van der Waals surface area contributed by atoms with Crippen LogP contribution >= 0.6 is 0 Å². The molecule has 0 radical (unpaired) electrons. The molecule has 0 saturated heterocycles. The minimum atomic E-state index is -0.732. The Morgan fingerprint density at radius 3 is 2.50 bits per heavy atom. The molecular formula is C12H16N2O2. The molecule has 2 rings (SSSR count). The van der Waals surface area contributed by atoms with E-state index in [4.69, 9.17) is 4.74 Å².